The summed E-state index contributed by atoms with van der Waals surface area (Å²) in [6.45, 7) is 0. The number of amides is 2. The largest absolute Gasteiger partial charge is 0.477 e. The predicted octanol–water partition coefficient (Wildman–Crippen LogP) is 3.13. The number of anilines is 2. The standard InChI is InChI=1S/C22H20Cl2N6O4S3/c23-11-3-4-12(24)13(6-11)36-8-14(31)29-16-20(32)30-17(22(33)34)10(7-37-21(16)30)2-1-5-35-19-15(25)18(26)27-9-28-19/h1-4,6,9,16,21H,5,7-8,25H2,(H,29,31)(H,33,34)(H2,26,27,28)/b2-1+/t16-,21?/m1/s1. The highest BCUT2D eigenvalue weighted by molar-refractivity contribution is 8.00. The summed E-state index contributed by atoms with van der Waals surface area (Å²) >= 11 is 16.0. The van der Waals surface area contributed by atoms with E-state index in [1.54, 1.807) is 30.4 Å². The predicted molar refractivity (Wildman–Crippen MR) is 148 cm³/mol. The number of halogens is 2. The van der Waals surface area contributed by atoms with Crippen molar-refractivity contribution >= 4 is 87.8 Å². The molecule has 2 amide bonds. The fourth-order valence-electron chi connectivity index (χ4n) is 3.54. The number of carboxylic acid groups (broad SMARTS) is 1. The number of aliphatic carboxylic acids is 1. The van der Waals surface area contributed by atoms with Crippen LogP contribution < -0.4 is 16.8 Å². The average Bonchev–Trinajstić information content (AvgIpc) is 2.87. The number of allylic oxidation sites excluding steroid dienone is 1. The first-order valence-corrected chi connectivity index (χ1v) is 14.4. The Hall–Kier alpha value is -2.58. The number of hydrogen-bond acceptors (Lipinski definition) is 10. The van der Waals surface area contributed by atoms with E-state index in [0.29, 0.717) is 37.0 Å². The van der Waals surface area contributed by atoms with Crippen molar-refractivity contribution in [3.8, 4) is 0 Å². The third kappa shape index (κ3) is 6.12. The number of β-lactam (4-membered cyclic amide) rings is 1. The van der Waals surface area contributed by atoms with Gasteiger partial charge in [0.15, 0.2) is 5.82 Å². The Morgan fingerprint density at radius 1 is 1.27 bits per heavy atom. The number of thioether (sulfide) groups is 3. The van der Waals surface area contributed by atoms with Crippen molar-refractivity contribution in [2.75, 3.05) is 28.7 Å². The van der Waals surface area contributed by atoms with E-state index in [1.807, 2.05) is 0 Å². The second-order valence-corrected chi connectivity index (χ2v) is 11.7. The second kappa shape index (κ2) is 11.9. The van der Waals surface area contributed by atoms with Crippen molar-refractivity contribution in [1.29, 1.82) is 0 Å². The molecule has 0 aliphatic carbocycles. The minimum Gasteiger partial charge on any atom is -0.477 e. The molecule has 2 atom stereocenters. The van der Waals surface area contributed by atoms with Gasteiger partial charge in [0.25, 0.3) is 5.91 Å². The molecule has 1 fully saturated rings. The normalized spacial score (nSPS) is 19.1. The molecule has 2 aliphatic heterocycles. The zero-order chi connectivity index (χ0) is 26.7. The van der Waals surface area contributed by atoms with Gasteiger partial charge in [0.2, 0.25) is 5.91 Å². The topological polar surface area (TPSA) is 165 Å². The Morgan fingerprint density at radius 2 is 2.05 bits per heavy atom. The fourth-order valence-corrected chi connectivity index (χ4v) is 6.90. The highest BCUT2D eigenvalue weighted by atomic mass is 35.5. The summed E-state index contributed by atoms with van der Waals surface area (Å²) < 4.78 is 0. The number of nitrogen functional groups attached to an aromatic ring is 2. The summed E-state index contributed by atoms with van der Waals surface area (Å²) in [5, 5.41) is 13.5. The first kappa shape index (κ1) is 27.5. The first-order chi connectivity index (χ1) is 17.7. The molecule has 194 valence electrons. The Balaban J connectivity index is 1.37. The van der Waals surface area contributed by atoms with Crippen LogP contribution in [0.4, 0.5) is 11.5 Å². The van der Waals surface area contributed by atoms with Gasteiger partial charge in [-0.05, 0) is 23.8 Å². The van der Waals surface area contributed by atoms with Crippen molar-refractivity contribution < 1.29 is 19.5 Å². The van der Waals surface area contributed by atoms with E-state index in [0.717, 1.165) is 0 Å². The van der Waals surface area contributed by atoms with E-state index in [1.165, 1.54) is 46.5 Å². The summed E-state index contributed by atoms with van der Waals surface area (Å²) in [4.78, 5) is 47.1. The second-order valence-electron chi connectivity index (χ2n) is 7.69. The zero-order valence-electron chi connectivity index (χ0n) is 18.9. The van der Waals surface area contributed by atoms with Crippen molar-refractivity contribution in [3.63, 3.8) is 0 Å². The number of fused-ring (bicyclic) bond motifs is 1. The number of hydrogen-bond donors (Lipinski definition) is 4. The van der Waals surface area contributed by atoms with Crippen LogP contribution in [0.25, 0.3) is 0 Å². The van der Waals surface area contributed by atoms with Crippen molar-refractivity contribution in [1.82, 2.24) is 20.2 Å². The lowest BCUT2D eigenvalue weighted by Crippen LogP contribution is -2.70. The number of carboxylic acids is 1. The maximum atomic E-state index is 12.8. The molecule has 0 radical (unpaired) electrons. The first-order valence-electron chi connectivity index (χ1n) is 10.6. The summed E-state index contributed by atoms with van der Waals surface area (Å²) in [7, 11) is 0. The minimum atomic E-state index is -1.21. The molecule has 0 saturated carbocycles. The molecule has 10 nitrogen and oxygen atoms in total. The molecule has 1 aromatic heterocycles. The van der Waals surface area contributed by atoms with E-state index < -0.39 is 23.3 Å². The van der Waals surface area contributed by atoms with E-state index in [-0.39, 0.29) is 28.9 Å². The molecule has 2 aliphatic rings. The Morgan fingerprint density at radius 3 is 2.81 bits per heavy atom. The highest BCUT2D eigenvalue weighted by Gasteiger charge is 2.53. The number of rotatable bonds is 9. The van der Waals surface area contributed by atoms with Crippen molar-refractivity contribution in [2.45, 2.75) is 21.3 Å². The lowest BCUT2D eigenvalue weighted by Gasteiger charge is -2.49. The van der Waals surface area contributed by atoms with Crippen LogP contribution in [-0.2, 0) is 14.4 Å². The summed E-state index contributed by atoms with van der Waals surface area (Å²) in [5.41, 5.74) is 12.2. The van der Waals surface area contributed by atoms with Crippen LogP contribution in [0.2, 0.25) is 10.0 Å². The van der Waals surface area contributed by atoms with Crippen LogP contribution in [0.15, 0.2) is 57.9 Å². The fraction of sp³-hybridized carbons (Fsp3) is 0.227. The number of carbonyl (C=O) groups is 3. The van der Waals surface area contributed by atoms with Gasteiger partial charge in [-0.15, -0.1) is 23.5 Å². The molecular formula is C22H20Cl2N6O4S3. The van der Waals surface area contributed by atoms with Gasteiger partial charge in [0.05, 0.1) is 10.8 Å². The Kier molecular flexibility index (Phi) is 8.80. The number of aromatic nitrogens is 2. The lowest BCUT2D eigenvalue weighted by atomic mass is 10.0. The van der Waals surface area contributed by atoms with Gasteiger partial charge < -0.3 is 21.9 Å². The Bertz CT molecular complexity index is 1330. The van der Waals surface area contributed by atoms with Crippen LogP contribution in [-0.4, -0.2) is 66.4 Å². The quantitative estimate of drug-likeness (QED) is 0.190. The summed E-state index contributed by atoms with van der Waals surface area (Å²) in [6, 6.07) is 4.14. The van der Waals surface area contributed by atoms with Gasteiger partial charge in [-0.1, -0.05) is 47.1 Å². The molecule has 0 spiro atoms. The number of nitrogens with two attached hydrogens (primary N) is 2. The molecule has 3 heterocycles. The van der Waals surface area contributed by atoms with Gasteiger partial charge in [0, 0.05) is 21.4 Å². The summed E-state index contributed by atoms with van der Waals surface area (Å²) in [5.74, 6) is -1.03. The van der Waals surface area contributed by atoms with E-state index in [2.05, 4.69) is 15.3 Å². The van der Waals surface area contributed by atoms with Gasteiger partial charge >= 0.3 is 5.97 Å². The molecule has 2 aromatic rings. The van der Waals surface area contributed by atoms with Crippen LogP contribution in [0.5, 0.6) is 0 Å². The molecule has 1 aromatic carbocycles. The molecule has 6 N–H and O–H groups in total. The van der Waals surface area contributed by atoms with Crippen molar-refractivity contribution in [3.05, 3.63) is 58.0 Å². The average molecular weight is 600 g/mol. The maximum Gasteiger partial charge on any atom is 0.352 e. The third-order valence-corrected chi connectivity index (χ3v) is 9.27. The van der Waals surface area contributed by atoms with Gasteiger partial charge in [-0.2, -0.15) is 0 Å². The van der Waals surface area contributed by atoms with Gasteiger partial charge in [-0.3, -0.25) is 14.5 Å². The van der Waals surface area contributed by atoms with Crippen LogP contribution in [0, 0.1) is 0 Å². The maximum absolute atomic E-state index is 12.8. The Labute approximate surface area is 234 Å². The highest BCUT2D eigenvalue weighted by Crippen LogP contribution is 2.41. The van der Waals surface area contributed by atoms with Crippen LogP contribution in [0.1, 0.15) is 0 Å². The van der Waals surface area contributed by atoms with E-state index >= 15 is 0 Å². The molecular weight excluding hydrogens is 579 g/mol. The number of carbonyl (C=O) groups excluding carboxylic acids is 2. The molecule has 15 heteroatoms. The number of nitrogens with zero attached hydrogens (tertiary/aromatic N) is 3. The third-order valence-electron chi connectivity index (χ3n) is 5.28. The van der Waals surface area contributed by atoms with E-state index in [9.17, 15) is 19.5 Å². The molecule has 1 unspecified atom stereocenters. The minimum absolute atomic E-state index is 0.0248. The molecule has 37 heavy (non-hydrogen) atoms. The van der Waals surface area contributed by atoms with Gasteiger partial charge in [0.1, 0.15) is 34.2 Å². The van der Waals surface area contributed by atoms with Crippen molar-refractivity contribution in [2.24, 2.45) is 0 Å². The van der Waals surface area contributed by atoms with Gasteiger partial charge in [-0.25, -0.2) is 14.8 Å². The number of benzene rings is 1. The monoisotopic (exact) mass is 598 g/mol. The number of nitrogens with one attached hydrogen (secondary N) is 1. The zero-order valence-corrected chi connectivity index (χ0v) is 22.9. The van der Waals surface area contributed by atoms with Crippen LogP contribution >= 0.6 is 58.5 Å². The lowest BCUT2D eigenvalue weighted by molar-refractivity contribution is -0.150. The SMILES string of the molecule is Nc1ncnc(SC/C=C/C2=C(C(=O)O)N3C(=O)[C@@H](NC(=O)CSc4cc(Cl)ccc4Cl)C3SC2)c1N. The molecule has 0 bridgehead atoms. The van der Waals surface area contributed by atoms with E-state index in [4.69, 9.17) is 34.7 Å². The molecule has 1 saturated heterocycles. The molecule has 4 rings (SSSR count). The van der Waals surface area contributed by atoms with Crippen LogP contribution in [0.3, 0.4) is 0 Å². The smallest absolute Gasteiger partial charge is 0.352 e. The summed E-state index contributed by atoms with van der Waals surface area (Å²) in [6.07, 6.45) is 4.75.